The zero-order chi connectivity index (χ0) is 20.0. The molecule has 27 heavy (non-hydrogen) atoms. The Labute approximate surface area is 153 Å². The summed E-state index contributed by atoms with van der Waals surface area (Å²) in [6.07, 6.45) is -3.25. The Morgan fingerprint density at radius 2 is 1.74 bits per heavy atom. The predicted molar refractivity (Wildman–Crippen MR) is 92.6 cm³/mol. The monoisotopic (exact) mass is 382 g/mol. The third kappa shape index (κ3) is 4.69. The number of amides is 1. The van der Waals surface area contributed by atoms with E-state index in [0.717, 1.165) is 18.2 Å². The Morgan fingerprint density at radius 3 is 2.33 bits per heavy atom. The first kappa shape index (κ1) is 20.1. The Morgan fingerprint density at radius 1 is 1.04 bits per heavy atom. The van der Waals surface area contributed by atoms with Crippen LogP contribution in [0, 0.1) is 0 Å². The van der Waals surface area contributed by atoms with Crippen LogP contribution in [0.3, 0.4) is 0 Å². The summed E-state index contributed by atoms with van der Waals surface area (Å²) in [5.74, 6) is 0.332. The maximum Gasteiger partial charge on any atom is 0.416 e. The molecular weight excluding hydrogens is 365 g/mol. The molecule has 144 valence electrons. The molecule has 0 aliphatic heterocycles. The van der Waals surface area contributed by atoms with E-state index in [4.69, 9.17) is 14.2 Å². The number of nitrogens with zero attached hydrogens (tertiary/aromatic N) is 1. The fourth-order valence-electron chi connectivity index (χ4n) is 2.29. The van der Waals surface area contributed by atoms with Crippen LogP contribution < -0.4 is 19.6 Å². The number of nitrogens with one attached hydrogen (secondary N) is 1. The van der Waals surface area contributed by atoms with Gasteiger partial charge in [0.05, 0.1) is 33.1 Å². The average molecular weight is 382 g/mol. The highest BCUT2D eigenvalue weighted by Crippen LogP contribution is 2.39. The van der Waals surface area contributed by atoms with Crippen LogP contribution in [-0.4, -0.2) is 33.5 Å². The number of ether oxygens (including phenoxy) is 3. The van der Waals surface area contributed by atoms with Crippen LogP contribution >= 0.6 is 0 Å². The summed E-state index contributed by atoms with van der Waals surface area (Å²) in [6, 6.07) is 7.30. The van der Waals surface area contributed by atoms with Gasteiger partial charge in [0.2, 0.25) is 5.75 Å². The number of carbonyl (C=O) groups is 1. The fourth-order valence-corrected chi connectivity index (χ4v) is 2.29. The van der Waals surface area contributed by atoms with E-state index in [0.29, 0.717) is 22.8 Å². The van der Waals surface area contributed by atoms with Crippen molar-refractivity contribution in [1.29, 1.82) is 0 Å². The molecule has 2 rings (SSSR count). The molecule has 0 aromatic heterocycles. The number of hydrogen-bond donors (Lipinski definition) is 1. The van der Waals surface area contributed by atoms with Crippen LogP contribution in [0.15, 0.2) is 41.5 Å². The highest BCUT2D eigenvalue weighted by atomic mass is 19.4. The summed E-state index contributed by atoms with van der Waals surface area (Å²) in [6.45, 7) is 0. The SMILES string of the molecule is COc1ccc(/C=N/NC(=O)c2cccc(C(F)(F)F)c2)c(OC)c1OC. The van der Waals surface area contributed by atoms with Crippen LogP contribution in [0.5, 0.6) is 17.2 Å². The molecule has 2 aromatic rings. The molecule has 0 aliphatic rings. The fraction of sp³-hybridized carbons (Fsp3) is 0.222. The molecule has 6 nitrogen and oxygen atoms in total. The van der Waals surface area contributed by atoms with E-state index >= 15 is 0 Å². The van der Waals surface area contributed by atoms with Crippen LogP contribution in [0.1, 0.15) is 21.5 Å². The lowest BCUT2D eigenvalue weighted by Gasteiger charge is -2.13. The van der Waals surface area contributed by atoms with Crippen LogP contribution in [0.4, 0.5) is 13.2 Å². The largest absolute Gasteiger partial charge is 0.493 e. The molecule has 2 aromatic carbocycles. The lowest BCUT2D eigenvalue weighted by Crippen LogP contribution is -2.18. The minimum Gasteiger partial charge on any atom is -0.493 e. The second kappa shape index (κ2) is 8.43. The van der Waals surface area contributed by atoms with E-state index in [1.54, 1.807) is 12.1 Å². The molecule has 0 saturated heterocycles. The Hall–Kier alpha value is -3.23. The maximum absolute atomic E-state index is 12.7. The number of carbonyl (C=O) groups excluding carboxylic acids is 1. The van der Waals surface area contributed by atoms with E-state index in [-0.39, 0.29) is 5.56 Å². The third-order valence-electron chi connectivity index (χ3n) is 3.56. The molecular formula is C18H17F3N2O4. The summed E-state index contributed by atoms with van der Waals surface area (Å²) in [5, 5.41) is 3.77. The van der Waals surface area contributed by atoms with E-state index < -0.39 is 17.6 Å². The zero-order valence-electron chi connectivity index (χ0n) is 14.8. The lowest BCUT2D eigenvalue weighted by atomic mass is 10.1. The standard InChI is InChI=1S/C18H17F3N2O4/c1-25-14-8-7-12(15(26-2)16(14)27-3)10-22-23-17(24)11-5-4-6-13(9-11)18(19,20)21/h4-10H,1-3H3,(H,23,24)/b22-10+. The van der Waals surface area contributed by atoms with Crippen molar-refractivity contribution in [2.45, 2.75) is 6.18 Å². The van der Waals surface area contributed by atoms with Gasteiger partial charge in [0, 0.05) is 11.1 Å². The molecule has 0 unspecified atom stereocenters. The van der Waals surface area contributed by atoms with E-state index in [2.05, 4.69) is 10.5 Å². The van der Waals surface area contributed by atoms with Crippen LogP contribution in [0.2, 0.25) is 0 Å². The predicted octanol–water partition coefficient (Wildman–Crippen LogP) is 3.50. The number of methoxy groups -OCH3 is 3. The number of rotatable bonds is 6. The summed E-state index contributed by atoms with van der Waals surface area (Å²) < 4.78 is 53.8. The number of hydrogen-bond acceptors (Lipinski definition) is 5. The van der Waals surface area contributed by atoms with Gasteiger partial charge >= 0.3 is 6.18 Å². The van der Waals surface area contributed by atoms with Gasteiger partial charge in [0.25, 0.3) is 5.91 Å². The van der Waals surface area contributed by atoms with Crippen LogP contribution in [-0.2, 0) is 6.18 Å². The number of halogens is 3. The van der Waals surface area contributed by atoms with E-state index in [1.165, 1.54) is 33.6 Å². The van der Waals surface area contributed by atoms with Gasteiger partial charge in [-0.3, -0.25) is 4.79 Å². The summed E-state index contributed by atoms with van der Waals surface area (Å²) >= 11 is 0. The minimum absolute atomic E-state index is 0.166. The Balaban J connectivity index is 2.19. The Kier molecular flexibility index (Phi) is 6.27. The van der Waals surface area contributed by atoms with Crippen molar-refractivity contribution in [3.63, 3.8) is 0 Å². The molecule has 1 amide bonds. The van der Waals surface area contributed by atoms with Gasteiger partial charge in [0.1, 0.15) is 0 Å². The van der Waals surface area contributed by atoms with E-state index in [9.17, 15) is 18.0 Å². The average Bonchev–Trinajstić information content (AvgIpc) is 2.66. The molecule has 0 atom stereocenters. The van der Waals surface area contributed by atoms with Gasteiger partial charge in [-0.1, -0.05) is 6.07 Å². The lowest BCUT2D eigenvalue weighted by molar-refractivity contribution is -0.137. The highest BCUT2D eigenvalue weighted by Gasteiger charge is 2.30. The van der Waals surface area contributed by atoms with Gasteiger partial charge in [-0.05, 0) is 30.3 Å². The minimum atomic E-state index is -4.54. The molecule has 0 heterocycles. The van der Waals surface area contributed by atoms with Crippen molar-refractivity contribution in [2.24, 2.45) is 5.10 Å². The summed E-state index contributed by atoms with van der Waals surface area (Å²) in [7, 11) is 4.34. The molecule has 0 fully saturated rings. The Bertz CT molecular complexity index is 851. The number of hydrazone groups is 1. The van der Waals surface area contributed by atoms with Gasteiger partial charge < -0.3 is 14.2 Å². The zero-order valence-corrected chi connectivity index (χ0v) is 14.8. The first-order valence-corrected chi connectivity index (χ1v) is 7.61. The van der Waals surface area contributed by atoms with Crippen molar-refractivity contribution < 1.29 is 32.2 Å². The second-order valence-electron chi connectivity index (χ2n) is 5.20. The normalized spacial score (nSPS) is 11.3. The third-order valence-corrected chi connectivity index (χ3v) is 3.56. The quantitative estimate of drug-likeness (QED) is 0.613. The first-order valence-electron chi connectivity index (χ1n) is 7.61. The van der Waals surface area contributed by atoms with Crippen molar-refractivity contribution in [2.75, 3.05) is 21.3 Å². The van der Waals surface area contributed by atoms with Crippen molar-refractivity contribution in [3.8, 4) is 17.2 Å². The van der Waals surface area contributed by atoms with Crippen molar-refractivity contribution >= 4 is 12.1 Å². The molecule has 0 spiro atoms. The number of benzene rings is 2. The maximum atomic E-state index is 12.7. The van der Waals surface area contributed by atoms with Crippen LogP contribution in [0.25, 0.3) is 0 Å². The molecule has 0 bridgehead atoms. The van der Waals surface area contributed by atoms with Gasteiger partial charge in [0.15, 0.2) is 11.5 Å². The van der Waals surface area contributed by atoms with Gasteiger partial charge in [-0.2, -0.15) is 18.3 Å². The molecule has 9 heteroatoms. The first-order chi connectivity index (χ1) is 12.8. The highest BCUT2D eigenvalue weighted by molar-refractivity contribution is 5.95. The molecule has 0 radical (unpaired) electrons. The van der Waals surface area contributed by atoms with Crippen molar-refractivity contribution in [1.82, 2.24) is 5.43 Å². The van der Waals surface area contributed by atoms with Gasteiger partial charge in [-0.15, -0.1) is 0 Å². The topological polar surface area (TPSA) is 69.2 Å². The molecule has 0 aliphatic carbocycles. The molecule has 0 saturated carbocycles. The number of alkyl halides is 3. The van der Waals surface area contributed by atoms with Crippen molar-refractivity contribution in [3.05, 3.63) is 53.1 Å². The van der Waals surface area contributed by atoms with Gasteiger partial charge in [-0.25, -0.2) is 5.43 Å². The smallest absolute Gasteiger partial charge is 0.416 e. The van der Waals surface area contributed by atoms with E-state index in [1.807, 2.05) is 0 Å². The molecule has 1 N–H and O–H groups in total. The summed E-state index contributed by atoms with van der Waals surface area (Å²) in [5.41, 5.74) is 1.57. The summed E-state index contributed by atoms with van der Waals surface area (Å²) in [4.78, 5) is 12.0. The second-order valence-corrected chi connectivity index (χ2v) is 5.20.